The normalized spacial score (nSPS) is 16.2. The number of hydrogen-bond donors (Lipinski definition) is 1. The Morgan fingerprint density at radius 1 is 0.953 bits per heavy atom. The predicted octanol–water partition coefficient (Wildman–Crippen LogP) is 6.76. The molecule has 43 heavy (non-hydrogen) atoms. The Morgan fingerprint density at radius 2 is 1.70 bits per heavy atom. The van der Waals surface area contributed by atoms with Crippen molar-refractivity contribution >= 4 is 44.1 Å². The summed E-state index contributed by atoms with van der Waals surface area (Å²) in [7, 11) is 3.07. The fourth-order valence-corrected chi connectivity index (χ4v) is 5.90. The Kier molecular flexibility index (Phi) is 8.86. The Labute approximate surface area is 254 Å². The minimum atomic E-state index is -0.979. The first-order valence-corrected chi connectivity index (χ1v) is 14.9. The molecule has 0 saturated carbocycles. The first-order chi connectivity index (χ1) is 20.7. The van der Waals surface area contributed by atoms with E-state index in [2.05, 4.69) is 13.8 Å². The first-order valence-electron chi connectivity index (χ1n) is 14.0. The largest absolute Gasteiger partial charge is 0.507 e. The molecule has 1 amide bonds. The summed E-state index contributed by atoms with van der Waals surface area (Å²) in [6.07, 6.45) is 0.871. The highest BCUT2D eigenvalue weighted by molar-refractivity contribution is 7.22. The molecule has 1 atom stereocenters. The van der Waals surface area contributed by atoms with Crippen LogP contribution in [0.4, 0.5) is 5.13 Å². The molecule has 0 radical (unpaired) electrons. The van der Waals surface area contributed by atoms with E-state index in [4.69, 9.17) is 23.9 Å². The van der Waals surface area contributed by atoms with E-state index in [-0.39, 0.29) is 11.3 Å². The van der Waals surface area contributed by atoms with Gasteiger partial charge in [0.2, 0.25) is 0 Å². The number of nitrogens with zero attached hydrogens (tertiary/aromatic N) is 2. The number of hydrogen-bond acceptors (Lipinski definition) is 9. The standard InChI is InChI=1S/C33H34N2O7S/c1-6-41-23-12-13-24-27(18-23)43-33(34-24)35-29(21-9-14-25(26(17-21)40-5)42-16-15-19(2)3)28(31(37)32(35)38)30(36)20-7-10-22(39-4)11-8-20/h7-14,17-19,29,36H,6,15-16H2,1-5H3/b30-28+. The molecule has 1 aliphatic heterocycles. The highest BCUT2D eigenvalue weighted by atomic mass is 32.1. The zero-order valence-electron chi connectivity index (χ0n) is 24.7. The monoisotopic (exact) mass is 602 g/mol. The maximum absolute atomic E-state index is 13.7. The molecule has 9 nitrogen and oxygen atoms in total. The van der Waals surface area contributed by atoms with Crippen molar-refractivity contribution in [2.24, 2.45) is 5.92 Å². The topological polar surface area (TPSA) is 107 Å². The van der Waals surface area contributed by atoms with Gasteiger partial charge < -0.3 is 24.1 Å². The molecule has 1 aliphatic rings. The number of carbonyl (C=O) groups is 2. The van der Waals surface area contributed by atoms with E-state index in [1.807, 2.05) is 25.1 Å². The molecule has 1 unspecified atom stereocenters. The van der Waals surface area contributed by atoms with Gasteiger partial charge in [0, 0.05) is 5.56 Å². The van der Waals surface area contributed by atoms with E-state index >= 15 is 0 Å². The number of aliphatic hydroxyl groups excluding tert-OH is 1. The highest BCUT2D eigenvalue weighted by Gasteiger charge is 2.48. The molecule has 3 aromatic carbocycles. The van der Waals surface area contributed by atoms with Crippen molar-refractivity contribution in [2.75, 3.05) is 32.3 Å². The Balaban J connectivity index is 1.65. The van der Waals surface area contributed by atoms with Crippen LogP contribution in [0.5, 0.6) is 23.0 Å². The van der Waals surface area contributed by atoms with Crippen LogP contribution in [0.2, 0.25) is 0 Å². The molecule has 1 saturated heterocycles. The van der Waals surface area contributed by atoms with Gasteiger partial charge in [0.05, 0.1) is 49.3 Å². The van der Waals surface area contributed by atoms with Gasteiger partial charge in [0.15, 0.2) is 16.6 Å². The molecule has 1 aromatic heterocycles. The van der Waals surface area contributed by atoms with E-state index in [0.717, 1.165) is 11.1 Å². The van der Waals surface area contributed by atoms with Crippen LogP contribution in [0.15, 0.2) is 66.2 Å². The minimum Gasteiger partial charge on any atom is -0.507 e. The second-order valence-corrected chi connectivity index (χ2v) is 11.4. The molecule has 5 rings (SSSR count). The fraction of sp³-hybridized carbons (Fsp3) is 0.303. The van der Waals surface area contributed by atoms with Crippen LogP contribution in [0, 0.1) is 5.92 Å². The average Bonchev–Trinajstić information content (AvgIpc) is 3.54. The van der Waals surface area contributed by atoms with Crippen molar-refractivity contribution in [1.29, 1.82) is 0 Å². The van der Waals surface area contributed by atoms with E-state index in [9.17, 15) is 14.7 Å². The lowest BCUT2D eigenvalue weighted by atomic mass is 9.95. The molecular weight excluding hydrogens is 568 g/mol. The number of Topliss-reactive ketones (excluding diaryl/α,β-unsaturated/α-hetero) is 1. The number of thiazole rings is 1. The number of rotatable bonds is 11. The van der Waals surface area contributed by atoms with E-state index in [1.165, 1.54) is 23.3 Å². The van der Waals surface area contributed by atoms with Crippen molar-refractivity contribution in [1.82, 2.24) is 4.98 Å². The zero-order chi connectivity index (χ0) is 30.7. The summed E-state index contributed by atoms with van der Waals surface area (Å²) >= 11 is 1.27. The molecule has 2 heterocycles. The number of fused-ring (bicyclic) bond motifs is 1. The maximum Gasteiger partial charge on any atom is 0.301 e. The van der Waals surface area contributed by atoms with Crippen LogP contribution in [0.3, 0.4) is 0 Å². The van der Waals surface area contributed by atoms with Gasteiger partial charge in [-0.05, 0) is 79.4 Å². The smallest absolute Gasteiger partial charge is 0.301 e. The van der Waals surface area contributed by atoms with E-state index < -0.39 is 17.7 Å². The molecule has 1 fully saturated rings. The molecule has 1 N–H and O–H groups in total. The molecule has 0 bridgehead atoms. The van der Waals surface area contributed by atoms with Crippen molar-refractivity contribution in [3.8, 4) is 23.0 Å². The number of carbonyl (C=O) groups excluding carboxylic acids is 2. The van der Waals surface area contributed by atoms with Crippen LogP contribution >= 0.6 is 11.3 Å². The minimum absolute atomic E-state index is 0.0556. The summed E-state index contributed by atoms with van der Waals surface area (Å²) in [6.45, 7) is 7.17. The van der Waals surface area contributed by atoms with Crippen LogP contribution in [-0.4, -0.2) is 49.2 Å². The summed E-state index contributed by atoms with van der Waals surface area (Å²) in [5.74, 6) is 0.827. The van der Waals surface area contributed by atoms with Crippen LogP contribution in [0.25, 0.3) is 16.0 Å². The highest BCUT2D eigenvalue weighted by Crippen LogP contribution is 2.46. The molecule has 224 valence electrons. The molecule has 0 aliphatic carbocycles. The van der Waals surface area contributed by atoms with Gasteiger partial charge in [-0.2, -0.15) is 0 Å². The zero-order valence-corrected chi connectivity index (χ0v) is 25.6. The van der Waals surface area contributed by atoms with E-state index in [1.54, 1.807) is 49.6 Å². The fourth-order valence-electron chi connectivity index (χ4n) is 4.88. The van der Waals surface area contributed by atoms with Gasteiger partial charge in [0.1, 0.15) is 17.3 Å². The number of benzene rings is 3. The summed E-state index contributed by atoms with van der Waals surface area (Å²) in [4.78, 5) is 33.4. The third kappa shape index (κ3) is 6.01. The molecule has 0 spiro atoms. The SMILES string of the molecule is CCOc1ccc2nc(N3C(=O)C(=O)/C(=C(/O)c4ccc(OC)cc4)C3c3ccc(OCCC(C)C)c(OC)c3)sc2c1. The number of ether oxygens (including phenoxy) is 4. The van der Waals surface area contributed by atoms with Crippen molar-refractivity contribution in [3.63, 3.8) is 0 Å². The Hall–Kier alpha value is -4.57. The third-order valence-corrected chi connectivity index (χ3v) is 8.15. The average molecular weight is 603 g/mol. The number of amides is 1. The first kappa shape index (κ1) is 29.9. The van der Waals surface area contributed by atoms with Crippen LogP contribution < -0.4 is 23.8 Å². The Morgan fingerprint density at radius 3 is 2.37 bits per heavy atom. The van der Waals surface area contributed by atoms with Gasteiger partial charge in [0.25, 0.3) is 5.78 Å². The lowest BCUT2D eigenvalue weighted by Gasteiger charge is -2.24. The molecule has 10 heteroatoms. The number of aliphatic hydroxyl groups is 1. The van der Waals surface area contributed by atoms with Gasteiger partial charge in [-0.3, -0.25) is 14.5 Å². The number of methoxy groups -OCH3 is 2. The van der Waals surface area contributed by atoms with Gasteiger partial charge in [-0.25, -0.2) is 4.98 Å². The Bertz CT molecular complexity index is 1680. The summed E-state index contributed by atoms with van der Waals surface area (Å²) in [6, 6.07) is 16.4. The second-order valence-electron chi connectivity index (χ2n) is 10.4. The number of anilines is 1. The van der Waals surface area contributed by atoms with Crippen molar-refractivity contribution in [3.05, 3.63) is 77.4 Å². The van der Waals surface area contributed by atoms with Gasteiger partial charge in [-0.15, -0.1) is 0 Å². The van der Waals surface area contributed by atoms with Crippen LogP contribution in [-0.2, 0) is 9.59 Å². The maximum atomic E-state index is 13.7. The third-order valence-electron chi connectivity index (χ3n) is 7.13. The van der Waals surface area contributed by atoms with Crippen molar-refractivity contribution in [2.45, 2.75) is 33.2 Å². The quantitative estimate of drug-likeness (QED) is 0.114. The summed E-state index contributed by atoms with van der Waals surface area (Å²) in [5, 5.41) is 11.8. The summed E-state index contributed by atoms with van der Waals surface area (Å²) in [5.41, 5.74) is 1.53. The molecular formula is C33H34N2O7S. The number of aromatic nitrogens is 1. The van der Waals surface area contributed by atoms with Crippen molar-refractivity contribution < 1.29 is 33.6 Å². The molecule has 4 aromatic rings. The van der Waals surface area contributed by atoms with E-state index in [0.29, 0.717) is 63.9 Å². The predicted molar refractivity (Wildman–Crippen MR) is 167 cm³/mol. The van der Waals surface area contributed by atoms with Gasteiger partial charge in [-0.1, -0.05) is 31.3 Å². The lowest BCUT2D eigenvalue weighted by Crippen LogP contribution is -2.29. The lowest BCUT2D eigenvalue weighted by molar-refractivity contribution is -0.132. The number of ketones is 1. The second kappa shape index (κ2) is 12.7. The summed E-state index contributed by atoms with van der Waals surface area (Å²) < 4.78 is 23.3. The van der Waals surface area contributed by atoms with Crippen LogP contribution in [0.1, 0.15) is 44.4 Å². The van der Waals surface area contributed by atoms with Gasteiger partial charge >= 0.3 is 5.91 Å².